The van der Waals surface area contributed by atoms with Gasteiger partial charge >= 0.3 is 0 Å². The third-order valence-corrected chi connectivity index (χ3v) is 4.26. The fourth-order valence-corrected chi connectivity index (χ4v) is 2.63. The molecular weight excluding hydrogens is 318 g/mol. The normalized spacial score (nSPS) is 10.9. The number of benzene rings is 1. The second kappa shape index (κ2) is 5.25. The number of pyridine rings is 1. The van der Waals surface area contributed by atoms with Gasteiger partial charge in [-0.3, -0.25) is 9.67 Å². The quantitative estimate of drug-likeness (QED) is 0.735. The van der Waals surface area contributed by atoms with E-state index in [1.165, 1.54) is 0 Å². The summed E-state index contributed by atoms with van der Waals surface area (Å²) in [6.45, 7) is 2.43. The molecule has 0 fully saturated rings. The predicted octanol–water partition coefficient (Wildman–Crippen LogP) is 3.62. The van der Waals surface area contributed by atoms with E-state index in [1.54, 1.807) is 6.20 Å². The molecule has 0 spiro atoms. The highest BCUT2D eigenvalue weighted by Gasteiger charge is 2.11. The van der Waals surface area contributed by atoms with Crippen molar-refractivity contribution in [2.24, 2.45) is 7.05 Å². The lowest BCUT2D eigenvalue weighted by atomic mass is 10.2. The molecule has 3 rings (SSSR count). The van der Waals surface area contributed by atoms with Crippen LogP contribution in [-0.2, 0) is 13.7 Å². The highest BCUT2D eigenvalue weighted by atomic mass is 79.9. The van der Waals surface area contributed by atoms with E-state index in [9.17, 15) is 0 Å². The molecule has 0 saturated heterocycles. The molecule has 20 heavy (non-hydrogen) atoms. The van der Waals surface area contributed by atoms with E-state index in [0.717, 1.165) is 32.5 Å². The summed E-state index contributed by atoms with van der Waals surface area (Å²) in [5.74, 6) is 0.835. The molecule has 0 aliphatic carbocycles. The first-order valence-corrected chi connectivity index (χ1v) is 7.10. The minimum Gasteiger partial charge on any atom is -0.487 e. The van der Waals surface area contributed by atoms with Gasteiger partial charge in [0.2, 0.25) is 0 Å². The van der Waals surface area contributed by atoms with Gasteiger partial charge in [0.05, 0.1) is 21.4 Å². The van der Waals surface area contributed by atoms with Gasteiger partial charge in [-0.25, -0.2) is 0 Å². The van der Waals surface area contributed by atoms with Crippen LogP contribution in [0.1, 0.15) is 11.4 Å². The number of nitrogens with zero attached hydrogens (tertiary/aromatic N) is 3. The summed E-state index contributed by atoms with van der Waals surface area (Å²) in [6.07, 6.45) is 1.78. The Morgan fingerprint density at radius 3 is 2.85 bits per heavy atom. The maximum Gasteiger partial charge on any atom is 0.131 e. The van der Waals surface area contributed by atoms with Gasteiger partial charge in [-0.15, -0.1) is 0 Å². The Bertz CT molecular complexity index is 762. The molecular formula is C15H14BrN3O. The van der Waals surface area contributed by atoms with Gasteiger partial charge < -0.3 is 4.74 Å². The smallest absolute Gasteiger partial charge is 0.131 e. The molecule has 0 unspecified atom stereocenters. The monoisotopic (exact) mass is 331 g/mol. The van der Waals surface area contributed by atoms with Gasteiger partial charge in [-0.05, 0) is 47.1 Å². The number of hydrogen-bond acceptors (Lipinski definition) is 3. The first-order chi connectivity index (χ1) is 9.66. The van der Waals surface area contributed by atoms with Crippen molar-refractivity contribution in [3.05, 3.63) is 52.4 Å². The minimum absolute atomic E-state index is 0.464. The average Bonchev–Trinajstić information content (AvgIpc) is 2.70. The molecule has 2 heterocycles. The van der Waals surface area contributed by atoms with Crippen molar-refractivity contribution in [3.63, 3.8) is 0 Å². The Hall–Kier alpha value is -1.88. The van der Waals surface area contributed by atoms with E-state index in [1.807, 2.05) is 49.0 Å². The van der Waals surface area contributed by atoms with Crippen LogP contribution in [0.15, 0.2) is 41.0 Å². The van der Waals surface area contributed by atoms with E-state index < -0.39 is 0 Å². The number of rotatable bonds is 3. The fourth-order valence-electron chi connectivity index (χ4n) is 2.18. The van der Waals surface area contributed by atoms with Gasteiger partial charge in [0.25, 0.3) is 0 Å². The second-order valence-corrected chi connectivity index (χ2v) is 5.38. The van der Waals surface area contributed by atoms with Crippen molar-refractivity contribution in [1.29, 1.82) is 0 Å². The molecule has 3 aromatic rings. The van der Waals surface area contributed by atoms with Crippen molar-refractivity contribution in [1.82, 2.24) is 14.8 Å². The average molecular weight is 332 g/mol. The zero-order valence-corrected chi connectivity index (χ0v) is 12.9. The Balaban J connectivity index is 1.91. The standard InChI is InChI=1S/C15H14BrN3O/c1-10-15(16)13(19(2)18-10)9-20-14-7-3-6-12-11(14)5-4-8-17-12/h3-8H,9H2,1-2H3. The fraction of sp³-hybridized carbons (Fsp3) is 0.200. The van der Waals surface area contributed by atoms with Crippen LogP contribution in [0.25, 0.3) is 10.9 Å². The molecule has 102 valence electrons. The lowest BCUT2D eigenvalue weighted by Gasteiger charge is -2.09. The molecule has 0 saturated carbocycles. The molecule has 0 radical (unpaired) electrons. The second-order valence-electron chi connectivity index (χ2n) is 4.58. The zero-order valence-electron chi connectivity index (χ0n) is 11.3. The third-order valence-electron chi connectivity index (χ3n) is 3.23. The Morgan fingerprint density at radius 1 is 1.25 bits per heavy atom. The van der Waals surface area contributed by atoms with Crippen molar-refractivity contribution < 1.29 is 4.74 Å². The summed E-state index contributed by atoms with van der Waals surface area (Å²) in [4.78, 5) is 4.33. The number of aryl methyl sites for hydroxylation is 2. The number of aromatic nitrogens is 3. The molecule has 0 aliphatic rings. The zero-order chi connectivity index (χ0) is 14.1. The Kier molecular flexibility index (Phi) is 3.44. The summed E-state index contributed by atoms with van der Waals surface area (Å²) in [5, 5.41) is 5.38. The van der Waals surface area contributed by atoms with Crippen LogP contribution in [0.3, 0.4) is 0 Å². The highest BCUT2D eigenvalue weighted by molar-refractivity contribution is 9.10. The maximum atomic E-state index is 5.95. The Labute approximate surface area is 125 Å². The van der Waals surface area contributed by atoms with E-state index >= 15 is 0 Å². The van der Waals surface area contributed by atoms with Crippen LogP contribution < -0.4 is 4.74 Å². The van der Waals surface area contributed by atoms with Gasteiger partial charge in [-0.2, -0.15) is 5.10 Å². The van der Waals surface area contributed by atoms with Crippen molar-refractivity contribution in [2.45, 2.75) is 13.5 Å². The van der Waals surface area contributed by atoms with Crippen LogP contribution in [0.2, 0.25) is 0 Å². The lowest BCUT2D eigenvalue weighted by Crippen LogP contribution is -2.04. The summed E-state index contributed by atoms with van der Waals surface area (Å²) < 4.78 is 8.78. The van der Waals surface area contributed by atoms with E-state index in [4.69, 9.17) is 4.74 Å². The van der Waals surface area contributed by atoms with Crippen molar-refractivity contribution in [2.75, 3.05) is 0 Å². The number of ether oxygens (including phenoxy) is 1. The molecule has 0 amide bonds. The number of halogens is 1. The predicted molar refractivity (Wildman–Crippen MR) is 81.7 cm³/mol. The molecule has 0 aliphatic heterocycles. The molecule has 0 N–H and O–H groups in total. The first-order valence-electron chi connectivity index (χ1n) is 6.31. The summed E-state index contributed by atoms with van der Waals surface area (Å²) in [6, 6.07) is 9.82. The lowest BCUT2D eigenvalue weighted by molar-refractivity contribution is 0.297. The Morgan fingerprint density at radius 2 is 2.10 bits per heavy atom. The van der Waals surface area contributed by atoms with E-state index in [0.29, 0.717) is 6.61 Å². The van der Waals surface area contributed by atoms with Crippen LogP contribution >= 0.6 is 15.9 Å². The number of fused-ring (bicyclic) bond motifs is 1. The van der Waals surface area contributed by atoms with Crippen molar-refractivity contribution in [3.8, 4) is 5.75 Å². The van der Waals surface area contributed by atoms with E-state index in [2.05, 4.69) is 26.0 Å². The topological polar surface area (TPSA) is 39.9 Å². The molecule has 5 heteroatoms. The summed E-state index contributed by atoms with van der Waals surface area (Å²) in [5.41, 5.74) is 2.92. The third kappa shape index (κ3) is 2.29. The van der Waals surface area contributed by atoms with Gasteiger partial charge in [0.15, 0.2) is 0 Å². The first kappa shape index (κ1) is 13.1. The molecule has 0 atom stereocenters. The van der Waals surface area contributed by atoms with Gasteiger partial charge in [0, 0.05) is 18.6 Å². The van der Waals surface area contributed by atoms with Crippen LogP contribution in [-0.4, -0.2) is 14.8 Å². The maximum absolute atomic E-state index is 5.95. The van der Waals surface area contributed by atoms with Crippen LogP contribution in [0.4, 0.5) is 0 Å². The van der Waals surface area contributed by atoms with Gasteiger partial charge in [0.1, 0.15) is 12.4 Å². The number of hydrogen-bond donors (Lipinski definition) is 0. The summed E-state index contributed by atoms with van der Waals surface area (Å²) >= 11 is 3.55. The van der Waals surface area contributed by atoms with Crippen LogP contribution in [0.5, 0.6) is 5.75 Å². The molecule has 1 aromatic carbocycles. The highest BCUT2D eigenvalue weighted by Crippen LogP contribution is 2.26. The summed E-state index contributed by atoms with van der Waals surface area (Å²) in [7, 11) is 1.92. The minimum atomic E-state index is 0.464. The van der Waals surface area contributed by atoms with Crippen molar-refractivity contribution >= 4 is 26.8 Å². The molecule has 2 aromatic heterocycles. The SMILES string of the molecule is Cc1nn(C)c(COc2cccc3ncccc23)c1Br. The largest absolute Gasteiger partial charge is 0.487 e. The molecule has 4 nitrogen and oxygen atoms in total. The molecule has 0 bridgehead atoms. The van der Waals surface area contributed by atoms with Gasteiger partial charge in [-0.1, -0.05) is 6.07 Å². The van der Waals surface area contributed by atoms with E-state index in [-0.39, 0.29) is 0 Å². The van der Waals surface area contributed by atoms with Crippen LogP contribution in [0, 0.1) is 6.92 Å².